The summed E-state index contributed by atoms with van der Waals surface area (Å²) in [7, 11) is 0. The van der Waals surface area contributed by atoms with Gasteiger partial charge in [-0.15, -0.1) is 0 Å². The van der Waals surface area contributed by atoms with E-state index in [0.29, 0.717) is 16.7 Å². The summed E-state index contributed by atoms with van der Waals surface area (Å²) >= 11 is 0. The van der Waals surface area contributed by atoms with Gasteiger partial charge in [0.1, 0.15) is 11.5 Å². The molecule has 2 aliphatic heterocycles. The molecule has 0 radical (unpaired) electrons. The number of nitrogens with zero attached hydrogens (tertiary/aromatic N) is 1. The molecule has 0 N–H and O–H groups in total. The fourth-order valence-electron chi connectivity index (χ4n) is 4.76. The third-order valence-electron chi connectivity index (χ3n) is 6.64. The van der Waals surface area contributed by atoms with E-state index >= 15 is 0 Å². The zero-order valence-electron chi connectivity index (χ0n) is 32.6. The number of benzene rings is 4. The molecule has 0 aliphatic carbocycles. The second-order valence-electron chi connectivity index (χ2n) is 11.5. The monoisotopic (exact) mass is 482 g/mol. The smallest absolute Gasteiger partial charge is 0.256 e. The number of aryl methyl sites for hydroxylation is 1. The highest BCUT2D eigenvalue weighted by Crippen LogP contribution is 2.42. The van der Waals surface area contributed by atoms with Crippen LogP contribution in [0.3, 0.4) is 0 Å². The van der Waals surface area contributed by atoms with Crippen molar-refractivity contribution in [3.8, 4) is 11.5 Å². The molecule has 0 bridgehead atoms. The molecule has 6 rings (SSSR count). The highest BCUT2D eigenvalue weighted by atomic mass is 16.5. The third kappa shape index (κ3) is 3.56. The number of ether oxygens (including phenoxy) is 1. The number of hydrogen-bond donors (Lipinski definition) is 0. The molecular weight excluding hydrogens is 437 g/mol. The van der Waals surface area contributed by atoms with Gasteiger partial charge in [-0.25, -0.2) is 0 Å². The average Bonchev–Trinajstić information content (AvgIpc) is 2.95. The molecule has 0 spiro atoms. The molecule has 0 aromatic heterocycles. The van der Waals surface area contributed by atoms with E-state index in [4.69, 9.17) is 14.3 Å². The standard InChI is InChI=1S/C33H34BNO/c1-21-18-28-31-30(19-21)36-29-11-9-8-10-25(29)34(31)26-20-23(33(5,6)7)14-17-27(26)35(28)24-15-12-22(13-16-24)32(2,3)4/h8-20H,1-7H3/i8D,9D,10D,11D,12D,13D,14D,15D,16D,17D,20D. The van der Waals surface area contributed by atoms with Gasteiger partial charge in [-0.2, -0.15) is 0 Å². The van der Waals surface area contributed by atoms with Gasteiger partial charge in [0.05, 0.1) is 15.1 Å². The van der Waals surface area contributed by atoms with Gasteiger partial charge in [0.2, 0.25) is 0 Å². The summed E-state index contributed by atoms with van der Waals surface area (Å²) in [5, 5.41) is 0. The maximum absolute atomic E-state index is 9.62. The molecule has 36 heavy (non-hydrogen) atoms. The molecule has 0 unspecified atom stereocenters. The Bertz CT molecular complexity index is 2050. The van der Waals surface area contributed by atoms with Gasteiger partial charge in [-0.05, 0) is 87.1 Å². The SMILES string of the molecule is [2H]c1c([2H])c([2H])c2c(c1[2H])Oc1cc(C)cc3c1B2c1c([2H])c(C(C)(C)C)c([2H])c([2H])c1N3c1c([2H])c([2H])c(C(C)(C)C)c([2H])c1[2H]. The lowest BCUT2D eigenvalue weighted by Gasteiger charge is -2.41. The van der Waals surface area contributed by atoms with Crippen molar-refractivity contribution in [2.75, 3.05) is 4.90 Å². The van der Waals surface area contributed by atoms with Crippen LogP contribution in [0.25, 0.3) is 0 Å². The molecule has 4 aromatic rings. The van der Waals surface area contributed by atoms with Crippen LogP contribution in [0.1, 0.15) is 73.3 Å². The summed E-state index contributed by atoms with van der Waals surface area (Å²) in [6, 6.07) is -0.103. The van der Waals surface area contributed by atoms with Crippen LogP contribution in [0, 0.1) is 6.92 Å². The highest BCUT2D eigenvalue weighted by Gasteiger charge is 2.42. The fourth-order valence-corrected chi connectivity index (χ4v) is 4.76. The Kier molecular flexibility index (Phi) is 2.97. The Morgan fingerprint density at radius 2 is 1.39 bits per heavy atom. The Labute approximate surface area is 231 Å². The Hall–Kier alpha value is -3.46. The summed E-state index contributed by atoms with van der Waals surface area (Å²) in [4.78, 5) is 1.43. The molecule has 0 saturated carbocycles. The van der Waals surface area contributed by atoms with Crippen molar-refractivity contribution in [2.24, 2.45) is 0 Å². The first-order valence-electron chi connectivity index (χ1n) is 17.6. The molecule has 4 aromatic carbocycles. The Balaban J connectivity index is 1.88. The summed E-state index contributed by atoms with van der Waals surface area (Å²) in [5.74, 6) is 0.152. The predicted octanol–water partition coefficient (Wildman–Crippen LogP) is 7.00. The van der Waals surface area contributed by atoms with Crippen molar-refractivity contribution in [3.05, 3.63) is 95.3 Å². The molecule has 0 amide bonds. The van der Waals surface area contributed by atoms with Crippen molar-refractivity contribution in [3.63, 3.8) is 0 Å². The van der Waals surface area contributed by atoms with Crippen LogP contribution in [0.2, 0.25) is 0 Å². The van der Waals surface area contributed by atoms with Crippen LogP contribution in [-0.2, 0) is 10.8 Å². The normalized spacial score (nSPS) is 18.4. The van der Waals surface area contributed by atoms with Gasteiger partial charge in [-0.3, -0.25) is 0 Å². The van der Waals surface area contributed by atoms with Crippen molar-refractivity contribution >= 4 is 40.2 Å². The van der Waals surface area contributed by atoms with Crippen LogP contribution in [-0.4, -0.2) is 6.71 Å². The molecular formula is C33H34BNO. The van der Waals surface area contributed by atoms with Crippen LogP contribution in [0.15, 0.2) is 78.6 Å². The van der Waals surface area contributed by atoms with Gasteiger partial charge in [0.25, 0.3) is 6.71 Å². The van der Waals surface area contributed by atoms with Gasteiger partial charge < -0.3 is 9.64 Å². The zero-order chi connectivity index (χ0) is 35.0. The van der Waals surface area contributed by atoms with E-state index in [2.05, 4.69) is 0 Å². The lowest BCUT2D eigenvalue weighted by molar-refractivity contribution is 0.487. The first-order chi connectivity index (χ1) is 21.6. The number of rotatable bonds is 1. The van der Waals surface area contributed by atoms with E-state index in [1.807, 2.05) is 20.8 Å². The highest BCUT2D eigenvalue weighted by molar-refractivity contribution is 6.99. The molecule has 2 nitrogen and oxygen atoms in total. The molecule has 2 heterocycles. The van der Waals surface area contributed by atoms with Gasteiger partial charge >= 0.3 is 0 Å². The largest absolute Gasteiger partial charge is 0.458 e. The number of anilines is 3. The molecule has 180 valence electrons. The van der Waals surface area contributed by atoms with Gasteiger partial charge in [0.15, 0.2) is 0 Å². The molecule has 0 fully saturated rings. The Morgan fingerprint density at radius 1 is 0.722 bits per heavy atom. The van der Waals surface area contributed by atoms with E-state index in [0.717, 1.165) is 0 Å². The van der Waals surface area contributed by atoms with E-state index in [1.54, 1.807) is 39.8 Å². The molecule has 3 heteroatoms. The fraction of sp³-hybridized carbons (Fsp3) is 0.273. The summed E-state index contributed by atoms with van der Waals surface area (Å²) in [6.45, 7) is 11.6. The topological polar surface area (TPSA) is 12.5 Å². The van der Waals surface area contributed by atoms with E-state index in [9.17, 15) is 5.48 Å². The van der Waals surface area contributed by atoms with E-state index in [1.165, 1.54) is 4.90 Å². The van der Waals surface area contributed by atoms with E-state index in [-0.39, 0.29) is 99.3 Å². The van der Waals surface area contributed by atoms with Crippen LogP contribution < -0.4 is 26.0 Å². The van der Waals surface area contributed by atoms with Crippen molar-refractivity contribution < 1.29 is 19.8 Å². The summed E-state index contributed by atoms with van der Waals surface area (Å²) in [5.41, 5.74) is 0.452. The van der Waals surface area contributed by atoms with Crippen molar-refractivity contribution in [1.29, 1.82) is 0 Å². The minimum atomic E-state index is -1.03. The second-order valence-corrected chi connectivity index (χ2v) is 11.5. The lowest BCUT2D eigenvalue weighted by Crippen LogP contribution is -2.59. The van der Waals surface area contributed by atoms with Crippen molar-refractivity contribution in [2.45, 2.75) is 59.3 Å². The number of hydrogen-bond acceptors (Lipinski definition) is 2. The quantitative estimate of drug-likeness (QED) is 0.234. The predicted molar refractivity (Wildman–Crippen MR) is 154 cm³/mol. The minimum absolute atomic E-state index is 0.00776. The summed E-state index contributed by atoms with van der Waals surface area (Å²) in [6.07, 6.45) is 0. The maximum Gasteiger partial charge on any atom is 0.256 e. The third-order valence-corrected chi connectivity index (χ3v) is 6.64. The van der Waals surface area contributed by atoms with Gasteiger partial charge in [0, 0.05) is 17.1 Å². The zero-order valence-corrected chi connectivity index (χ0v) is 21.6. The molecule has 2 aliphatic rings. The van der Waals surface area contributed by atoms with Gasteiger partial charge in [-0.1, -0.05) is 83.8 Å². The first-order valence-corrected chi connectivity index (χ1v) is 12.1. The minimum Gasteiger partial charge on any atom is -0.458 e. The van der Waals surface area contributed by atoms with Crippen LogP contribution >= 0.6 is 0 Å². The first kappa shape index (κ1) is 13.7. The van der Waals surface area contributed by atoms with E-state index < -0.39 is 29.6 Å². The summed E-state index contributed by atoms with van der Waals surface area (Å²) < 4.78 is 105. The maximum atomic E-state index is 9.62. The van der Waals surface area contributed by atoms with Crippen LogP contribution in [0.5, 0.6) is 11.5 Å². The number of para-hydroxylation sites is 1. The van der Waals surface area contributed by atoms with Crippen molar-refractivity contribution in [1.82, 2.24) is 0 Å². The Morgan fingerprint density at radius 3 is 2.08 bits per heavy atom. The molecule has 0 saturated heterocycles. The average molecular weight is 483 g/mol. The van der Waals surface area contributed by atoms with Crippen LogP contribution in [0.4, 0.5) is 17.1 Å². The second kappa shape index (κ2) is 7.77. The lowest BCUT2D eigenvalue weighted by atomic mass is 9.34. The molecule has 0 atom stereocenters. The number of fused-ring (bicyclic) bond motifs is 4.